The lowest BCUT2D eigenvalue weighted by Gasteiger charge is -2.12. The molecule has 0 fully saturated rings. The third-order valence-corrected chi connectivity index (χ3v) is 4.30. The fraction of sp³-hybridized carbons (Fsp3) is 0.235. The zero-order valence-corrected chi connectivity index (χ0v) is 14.1. The van der Waals surface area contributed by atoms with Crippen LogP contribution < -0.4 is 11.0 Å². The van der Waals surface area contributed by atoms with Crippen molar-refractivity contribution in [1.29, 1.82) is 0 Å². The molecule has 0 saturated heterocycles. The van der Waals surface area contributed by atoms with Gasteiger partial charge < -0.3 is 4.74 Å². The van der Waals surface area contributed by atoms with Crippen LogP contribution in [0.4, 0.5) is 5.95 Å². The van der Waals surface area contributed by atoms with Gasteiger partial charge in [0.25, 0.3) is 5.56 Å². The molecule has 3 rings (SSSR count). The highest BCUT2D eigenvalue weighted by molar-refractivity contribution is 7.11. The van der Waals surface area contributed by atoms with E-state index in [1.807, 2.05) is 35.7 Å². The molecular weight excluding hydrogens is 324 g/mol. The number of hydrogen-bond donors (Lipinski definition) is 1. The molecule has 0 unspecified atom stereocenters. The van der Waals surface area contributed by atoms with Crippen LogP contribution in [0.3, 0.4) is 0 Å². The fourth-order valence-electron chi connectivity index (χ4n) is 2.35. The number of methoxy groups -OCH3 is 1. The molecule has 2 heterocycles. The second kappa shape index (κ2) is 7.85. The second-order valence-corrected chi connectivity index (χ2v) is 6.12. The van der Waals surface area contributed by atoms with Crippen LogP contribution in [0.1, 0.15) is 11.3 Å². The lowest BCUT2D eigenvalue weighted by molar-refractivity contribution is 0.190. The molecule has 0 bridgehead atoms. The normalized spacial score (nSPS) is 11.4. The standard InChI is InChI=1S/C17H18N4O2S/c1-23-10-5-9-21-16(22)14-7-2-3-8-15(14)19-17(21)20-18-12-13-6-4-11-24-13/h2-4,6-8,11-12H,5,9-10H2,1H3,(H,19,20)/b18-12-. The van der Waals surface area contributed by atoms with E-state index in [0.717, 1.165) is 11.3 Å². The zero-order valence-electron chi connectivity index (χ0n) is 13.3. The number of para-hydroxylation sites is 1. The Labute approximate surface area is 143 Å². The molecule has 7 heteroatoms. The predicted molar refractivity (Wildman–Crippen MR) is 98.0 cm³/mol. The quantitative estimate of drug-likeness (QED) is 0.407. The van der Waals surface area contributed by atoms with Gasteiger partial charge >= 0.3 is 0 Å². The maximum Gasteiger partial charge on any atom is 0.262 e. The smallest absolute Gasteiger partial charge is 0.262 e. The van der Waals surface area contributed by atoms with Gasteiger partial charge in [0, 0.05) is 25.1 Å². The van der Waals surface area contributed by atoms with E-state index in [1.165, 1.54) is 0 Å². The molecule has 0 amide bonds. The maximum atomic E-state index is 12.7. The van der Waals surface area contributed by atoms with Gasteiger partial charge in [0.2, 0.25) is 5.95 Å². The van der Waals surface area contributed by atoms with Crippen LogP contribution in [0.15, 0.2) is 51.7 Å². The van der Waals surface area contributed by atoms with Crippen molar-refractivity contribution in [3.63, 3.8) is 0 Å². The Morgan fingerprint density at radius 3 is 3.00 bits per heavy atom. The van der Waals surface area contributed by atoms with Crippen LogP contribution >= 0.6 is 11.3 Å². The Bertz CT molecular complexity index is 887. The molecule has 0 atom stereocenters. The first kappa shape index (κ1) is 16.4. The van der Waals surface area contributed by atoms with Gasteiger partial charge in [0.05, 0.1) is 17.1 Å². The second-order valence-electron chi connectivity index (χ2n) is 5.14. The summed E-state index contributed by atoms with van der Waals surface area (Å²) in [6, 6.07) is 11.2. The van der Waals surface area contributed by atoms with Gasteiger partial charge in [-0.05, 0) is 30.0 Å². The highest BCUT2D eigenvalue weighted by atomic mass is 32.1. The van der Waals surface area contributed by atoms with Gasteiger partial charge in [0.15, 0.2) is 0 Å². The molecule has 2 aromatic heterocycles. The molecule has 0 aliphatic heterocycles. The Morgan fingerprint density at radius 1 is 1.33 bits per heavy atom. The minimum absolute atomic E-state index is 0.0782. The summed E-state index contributed by atoms with van der Waals surface area (Å²) < 4.78 is 6.68. The number of thiophene rings is 1. The molecule has 0 radical (unpaired) electrons. The number of nitrogens with zero attached hydrogens (tertiary/aromatic N) is 3. The SMILES string of the molecule is COCCCn1c(N/N=C\c2cccs2)nc2ccccc2c1=O. The first-order valence-electron chi connectivity index (χ1n) is 7.60. The Hall–Kier alpha value is -2.51. The van der Waals surface area contributed by atoms with E-state index >= 15 is 0 Å². The highest BCUT2D eigenvalue weighted by Crippen LogP contribution is 2.12. The highest BCUT2D eigenvalue weighted by Gasteiger charge is 2.10. The number of fused-ring (bicyclic) bond motifs is 1. The summed E-state index contributed by atoms with van der Waals surface area (Å²) in [5, 5.41) is 6.79. The number of anilines is 1. The largest absolute Gasteiger partial charge is 0.385 e. The van der Waals surface area contributed by atoms with Crippen molar-refractivity contribution < 1.29 is 4.74 Å². The summed E-state index contributed by atoms with van der Waals surface area (Å²) in [6.45, 7) is 1.10. The van der Waals surface area contributed by atoms with Gasteiger partial charge in [-0.1, -0.05) is 18.2 Å². The number of hydrogen-bond acceptors (Lipinski definition) is 6. The van der Waals surface area contributed by atoms with Crippen LogP contribution in [0.5, 0.6) is 0 Å². The molecule has 3 aromatic rings. The average Bonchev–Trinajstić information content (AvgIpc) is 3.11. The van der Waals surface area contributed by atoms with E-state index < -0.39 is 0 Å². The van der Waals surface area contributed by atoms with E-state index in [2.05, 4.69) is 15.5 Å². The fourth-order valence-corrected chi connectivity index (χ4v) is 2.93. The van der Waals surface area contributed by atoms with Crippen molar-refractivity contribution in [2.45, 2.75) is 13.0 Å². The van der Waals surface area contributed by atoms with Gasteiger partial charge in [-0.25, -0.2) is 10.4 Å². The van der Waals surface area contributed by atoms with Crippen LogP contribution in [0.25, 0.3) is 10.9 Å². The number of ether oxygens (including phenoxy) is 1. The van der Waals surface area contributed by atoms with Crippen molar-refractivity contribution in [1.82, 2.24) is 9.55 Å². The summed E-state index contributed by atoms with van der Waals surface area (Å²) in [4.78, 5) is 18.3. The summed E-state index contributed by atoms with van der Waals surface area (Å²) in [5.41, 5.74) is 3.47. The molecule has 0 saturated carbocycles. The summed E-state index contributed by atoms with van der Waals surface area (Å²) in [5.74, 6) is 0.433. The zero-order chi connectivity index (χ0) is 16.8. The minimum Gasteiger partial charge on any atom is -0.385 e. The van der Waals surface area contributed by atoms with Crippen molar-refractivity contribution >= 4 is 34.4 Å². The van der Waals surface area contributed by atoms with Gasteiger partial charge in [-0.15, -0.1) is 11.3 Å². The topological polar surface area (TPSA) is 68.5 Å². The third kappa shape index (κ3) is 3.69. The first-order valence-corrected chi connectivity index (χ1v) is 8.48. The monoisotopic (exact) mass is 342 g/mol. The van der Waals surface area contributed by atoms with Crippen LogP contribution in [-0.2, 0) is 11.3 Å². The molecule has 124 valence electrons. The van der Waals surface area contributed by atoms with E-state index in [4.69, 9.17) is 4.74 Å². The summed E-state index contributed by atoms with van der Waals surface area (Å²) in [6.07, 6.45) is 2.44. The van der Waals surface area contributed by atoms with E-state index in [9.17, 15) is 4.79 Å². The average molecular weight is 342 g/mol. The van der Waals surface area contributed by atoms with Gasteiger partial charge in [-0.2, -0.15) is 5.10 Å². The molecule has 0 aliphatic carbocycles. The van der Waals surface area contributed by atoms with E-state index in [1.54, 1.807) is 35.3 Å². The summed E-state index contributed by atoms with van der Waals surface area (Å²) >= 11 is 1.59. The first-order chi connectivity index (χ1) is 11.8. The van der Waals surface area contributed by atoms with E-state index in [0.29, 0.717) is 30.0 Å². The van der Waals surface area contributed by atoms with Crippen LogP contribution in [-0.4, -0.2) is 29.5 Å². The number of benzene rings is 1. The van der Waals surface area contributed by atoms with Crippen molar-refractivity contribution in [3.8, 4) is 0 Å². The molecule has 1 aromatic carbocycles. The predicted octanol–water partition coefficient (Wildman–Crippen LogP) is 2.94. The molecule has 0 aliphatic rings. The minimum atomic E-state index is -0.0782. The Morgan fingerprint density at radius 2 is 2.21 bits per heavy atom. The van der Waals surface area contributed by atoms with E-state index in [-0.39, 0.29) is 5.56 Å². The van der Waals surface area contributed by atoms with Crippen molar-refractivity contribution in [3.05, 3.63) is 57.0 Å². The Kier molecular flexibility index (Phi) is 5.35. The van der Waals surface area contributed by atoms with Crippen molar-refractivity contribution in [2.75, 3.05) is 19.1 Å². The molecular formula is C17H18N4O2S. The number of hydrazone groups is 1. The van der Waals surface area contributed by atoms with Crippen molar-refractivity contribution in [2.24, 2.45) is 5.10 Å². The number of rotatable bonds is 7. The number of aromatic nitrogens is 2. The van der Waals surface area contributed by atoms with Gasteiger partial charge in [0.1, 0.15) is 0 Å². The lowest BCUT2D eigenvalue weighted by Crippen LogP contribution is -2.24. The molecule has 6 nitrogen and oxygen atoms in total. The Balaban J connectivity index is 1.93. The summed E-state index contributed by atoms with van der Waals surface area (Å²) in [7, 11) is 1.64. The molecule has 24 heavy (non-hydrogen) atoms. The number of nitrogens with one attached hydrogen (secondary N) is 1. The van der Waals surface area contributed by atoms with Crippen LogP contribution in [0, 0.1) is 0 Å². The molecule has 0 spiro atoms. The lowest BCUT2D eigenvalue weighted by atomic mass is 10.2. The third-order valence-electron chi connectivity index (χ3n) is 3.49. The van der Waals surface area contributed by atoms with Gasteiger partial charge in [-0.3, -0.25) is 9.36 Å². The maximum absolute atomic E-state index is 12.7. The molecule has 1 N–H and O–H groups in total. The van der Waals surface area contributed by atoms with Crippen LogP contribution in [0.2, 0.25) is 0 Å².